The van der Waals surface area contributed by atoms with Gasteiger partial charge < -0.3 is 4.57 Å². The summed E-state index contributed by atoms with van der Waals surface area (Å²) in [5, 5.41) is 0. The first-order valence-electron chi connectivity index (χ1n) is 5.27. The Morgan fingerprint density at radius 1 is 1.50 bits per heavy atom. The Morgan fingerprint density at radius 2 is 2.14 bits per heavy atom. The Hall–Kier alpha value is -1.05. The molecule has 1 aliphatic rings. The average Bonchev–Trinajstić information content (AvgIpc) is 2.89. The number of aryl methyl sites for hydroxylation is 2. The molecule has 1 aliphatic carbocycles. The standard InChI is InChI=1S/C12H17NO/c1-4-9-7-10(12(2)5-6-12)8-13(3)11(9)14/h7-8H,4-6H2,1-3H3. The molecule has 2 nitrogen and oxygen atoms in total. The molecule has 1 fully saturated rings. The van der Waals surface area contributed by atoms with Crippen LogP contribution in [0.3, 0.4) is 0 Å². The predicted octanol–water partition coefficient (Wildman–Crippen LogP) is 2.00. The van der Waals surface area contributed by atoms with E-state index in [1.807, 2.05) is 20.2 Å². The molecule has 1 heterocycles. The fourth-order valence-electron chi connectivity index (χ4n) is 1.84. The SMILES string of the molecule is CCc1cc(C2(C)CC2)cn(C)c1=O. The van der Waals surface area contributed by atoms with Crippen LogP contribution in [0.4, 0.5) is 0 Å². The van der Waals surface area contributed by atoms with Crippen molar-refractivity contribution in [3.05, 3.63) is 33.7 Å². The summed E-state index contributed by atoms with van der Waals surface area (Å²) in [5.74, 6) is 0. The molecule has 76 valence electrons. The average molecular weight is 191 g/mol. The Labute approximate surface area is 84.6 Å². The van der Waals surface area contributed by atoms with Crippen LogP contribution in [-0.4, -0.2) is 4.57 Å². The summed E-state index contributed by atoms with van der Waals surface area (Å²) in [6.07, 6.45) is 5.34. The van der Waals surface area contributed by atoms with E-state index < -0.39 is 0 Å². The predicted molar refractivity (Wildman–Crippen MR) is 57.6 cm³/mol. The molecule has 14 heavy (non-hydrogen) atoms. The number of aromatic nitrogens is 1. The molecule has 2 heteroatoms. The van der Waals surface area contributed by atoms with Gasteiger partial charge in [-0.05, 0) is 36.3 Å². The highest BCUT2D eigenvalue weighted by molar-refractivity contribution is 5.31. The Kier molecular flexibility index (Phi) is 2.02. The van der Waals surface area contributed by atoms with Crippen LogP contribution in [-0.2, 0) is 18.9 Å². The molecule has 0 aliphatic heterocycles. The van der Waals surface area contributed by atoms with Crippen molar-refractivity contribution in [2.24, 2.45) is 7.05 Å². The maximum atomic E-state index is 11.7. The van der Waals surface area contributed by atoms with E-state index in [0.717, 1.165) is 12.0 Å². The maximum absolute atomic E-state index is 11.7. The van der Waals surface area contributed by atoms with Crippen molar-refractivity contribution in [1.82, 2.24) is 4.57 Å². The summed E-state index contributed by atoms with van der Waals surface area (Å²) >= 11 is 0. The van der Waals surface area contributed by atoms with Gasteiger partial charge in [-0.3, -0.25) is 4.79 Å². The van der Waals surface area contributed by atoms with Gasteiger partial charge in [0.05, 0.1) is 0 Å². The summed E-state index contributed by atoms with van der Waals surface area (Å²) < 4.78 is 1.72. The third kappa shape index (κ3) is 1.39. The molecule has 0 unspecified atom stereocenters. The van der Waals surface area contributed by atoms with E-state index in [1.54, 1.807) is 4.57 Å². The van der Waals surface area contributed by atoms with Crippen molar-refractivity contribution in [3.63, 3.8) is 0 Å². The lowest BCUT2D eigenvalue weighted by Crippen LogP contribution is -2.22. The first-order chi connectivity index (χ1) is 6.57. The largest absolute Gasteiger partial charge is 0.318 e. The zero-order valence-corrected chi connectivity index (χ0v) is 9.13. The van der Waals surface area contributed by atoms with Crippen LogP contribution in [0.2, 0.25) is 0 Å². The van der Waals surface area contributed by atoms with Gasteiger partial charge in [0, 0.05) is 18.8 Å². The van der Waals surface area contributed by atoms with Gasteiger partial charge in [-0.2, -0.15) is 0 Å². The highest BCUT2D eigenvalue weighted by Crippen LogP contribution is 2.47. The summed E-state index contributed by atoms with van der Waals surface area (Å²) in [5.41, 5.74) is 2.78. The second-order valence-corrected chi connectivity index (χ2v) is 4.58. The summed E-state index contributed by atoms with van der Waals surface area (Å²) in [6.45, 7) is 4.31. The molecule has 0 N–H and O–H groups in total. The molecular formula is C12H17NO. The van der Waals surface area contributed by atoms with Crippen LogP contribution in [0, 0.1) is 0 Å². The molecule has 0 bridgehead atoms. The number of pyridine rings is 1. The third-order valence-corrected chi connectivity index (χ3v) is 3.34. The summed E-state index contributed by atoms with van der Waals surface area (Å²) in [4.78, 5) is 11.7. The molecule has 0 radical (unpaired) electrons. The monoisotopic (exact) mass is 191 g/mol. The number of rotatable bonds is 2. The lowest BCUT2D eigenvalue weighted by atomic mass is 9.98. The Morgan fingerprint density at radius 3 is 2.64 bits per heavy atom. The molecular weight excluding hydrogens is 174 g/mol. The first-order valence-corrected chi connectivity index (χ1v) is 5.27. The fraction of sp³-hybridized carbons (Fsp3) is 0.583. The molecule has 0 spiro atoms. The van der Waals surface area contributed by atoms with Crippen LogP contribution >= 0.6 is 0 Å². The normalized spacial score (nSPS) is 18.2. The van der Waals surface area contributed by atoms with E-state index >= 15 is 0 Å². The van der Waals surface area contributed by atoms with Crippen molar-refractivity contribution in [1.29, 1.82) is 0 Å². The van der Waals surface area contributed by atoms with Crippen molar-refractivity contribution in [3.8, 4) is 0 Å². The van der Waals surface area contributed by atoms with E-state index in [2.05, 4.69) is 13.0 Å². The van der Waals surface area contributed by atoms with E-state index in [1.165, 1.54) is 18.4 Å². The fourth-order valence-corrected chi connectivity index (χ4v) is 1.84. The zero-order chi connectivity index (χ0) is 10.3. The Balaban J connectivity index is 2.54. The lowest BCUT2D eigenvalue weighted by molar-refractivity contribution is 0.737. The highest BCUT2D eigenvalue weighted by atomic mass is 16.1. The van der Waals surface area contributed by atoms with Gasteiger partial charge in [0.2, 0.25) is 0 Å². The lowest BCUT2D eigenvalue weighted by Gasteiger charge is -2.12. The third-order valence-electron chi connectivity index (χ3n) is 3.34. The van der Waals surface area contributed by atoms with Crippen molar-refractivity contribution < 1.29 is 0 Å². The topological polar surface area (TPSA) is 22.0 Å². The van der Waals surface area contributed by atoms with Gasteiger partial charge in [0.15, 0.2) is 0 Å². The Bertz CT molecular complexity index is 413. The van der Waals surface area contributed by atoms with Gasteiger partial charge in [0.1, 0.15) is 0 Å². The van der Waals surface area contributed by atoms with Gasteiger partial charge in [-0.25, -0.2) is 0 Å². The van der Waals surface area contributed by atoms with Crippen molar-refractivity contribution in [2.45, 2.75) is 38.5 Å². The summed E-state index contributed by atoms with van der Waals surface area (Å²) in [7, 11) is 1.84. The molecule has 1 aromatic rings. The number of nitrogens with zero attached hydrogens (tertiary/aromatic N) is 1. The molecule has 1 saturated carbocycles. The second-order valence-electron chi connectivity index (χ2n) is 4.58. The maximum Gasteiger partial charge on any atom is 0.253 e. The molecule has 0 atom stereocenters. The van der Waals surface area contributed by atoms with Crippen molar-refractivity contribution >= 4 is 0 Å². The minimum Gasteiger partial charge on any atom is -0.318 e. The van der Waals surface area contributed by atoms with Crippen LogP contribution in [0.15, 0.2) is 17.1 Å². The van der Waals surface area contributed by atoms with Gasteiger partial charge in [-0.1, -0.05) is 13.8 Å². The van der Waals surface area contributed by atoms with Crippen LogP contribution in [0.1, 0.15) is 37.8 Å². The zero-order valence-electron chi connectivity index (χ0n) is 9.13. The van der Waals surface area contributed by atoms with Crippen LogP contribution in [0.25, 0.3) is 0 Å². The molecule has 1 aromatic heterocycles. The molecule has 2 rings (SSSR count). The minimum absolute atomic E-state index is 0.153. The first kappa shape index (κ1) is 9.50. The smallest absolute Gasteiger partial charge is 0.253 e. The van der Waals surface area contributed by atoms with E-state index in [4.69, 9.17) is 0 Å². The van der Waals surface area contributed by atoms with Crippen LogP contribution in [0.5, 0.6) is 0 Å². The minimum atomic E-state index is 0.153. The van der Waals surface area contributed by atoms with E-state index in [-0.39, 0.29) is 5.56 Å². The van der Waals surface area contributed by atoms with Gasteiger partial charge in [0.25, 0.3) is 5.56 Å². The molecule has 0 amide bonds. The van der Waals surface area contributed by atoms with Gasteiger partial charge >= 0.3 is 0 Å². The van der Waals surface area contributed by atoms with Crippen molar-refractivity contribution in [2.75, 3.05) is 0 Å². The second kappa shape index (κ2) is 2.97. The quantitative estimate of drug-likeness (QED) is 0.700. The van der Waals surface area contributed by atoms with Crippen LogP contribution < -0.4 is 5.56 Å². The molecule has 0 saturated heterocycles. The highest BCUT2D eigenvalue weighted by Gasteiger charge is 2.39. The van der Waals surface area contributed by atoms with Gasteiger partial charge in [-0.15, -0.1) is 0 Å². The van der Waals surface area contributed by atoms with E-state index in [9.17, 15) is 4.79 Å². The summed E-state index contributed by atoms with van der Waals surface area (Å²) in [6, 6.07) is 2.09. The molecule has 0 aromatic carbocycles. The number of hydrogen-bond donors (Lipinski definition) is 0. The number of hydrogen-bond acceptors (Lipinski definition) is 1. The van der Waals surface area contributed by atoms with E-state index in [0.29, 0.717) is 5.41 Å².